The van der Waals surface area contributed by atoms with Gasteiger partial charge in [0.05, 0.1) is 4.99 Å². The number of aromatic nitrogens is 5. The molecule has 3 atom stereocenters. The maximum atomic E-state index is 13.0. The fourth-order valence-electron chi connectivity index (χ4n) is 3.70. The summed E-state index contributed by atoms with van der Waals surface area (Å²) in [6.07, 6.45) is 3.73. The van der Waals surface area contributed by atoms with Gasteiger partial charge in [0, 0.05) is 36.2 Å². The Hall–Kier alpha value is -3.04. The van der Waals surface area contributed by atoms with Crippen molar-refractivity contribution in [2.75, 3.05) is 5.75 Å². The van der Waals surface area contributed by atoms with Crippen LogP contribution in [0.1, 0.15) is 18.4 Å². The Bertz CT molecular complexity index is 1130. The highest BCUT2D eigenvalue weighted by molar-refractivity contribution is 8.01. The normalized spacial score (nSPS) is 20.4. The Kier molecular flexibility index (Phi) is 7.43. The summed E-state index contributed by atoms with van der Waals surface area (Å²) in [7, 11) is 0. The van der Waals surface area contributed by atoms with E-state index in [-0.39, 0.29) is 18.5 Å². The molecule has 2 unspecified atom stereocenters. The van der Waals surface area contributed by atoms with Crippen molar-refractivity contribution < 1.29 is 24.6 Å². The van der Waals surface area contributed by atoms with Gasteiger partial charge in [-0.15, -0.1) is 16.9 Å². The molecular formula is C19H19N7O5S3. The molecule has 4 rings (SSSR count). The number of nitrogens with one attached hydrogen (secondary N) is 2. The lowest BCUT2D eigenvalue weighted by molar-refractivity contribution is -0.148. The van der Waals surface area contributed by atoms with Crippen LogP contribution in [0.15, 0.2) is 41.0 Å². The highest BCUT2D eigenvalue weighted by atomic mass is 32.2. The molecule has 0 radical (unpaired) electrons. The van der Waals surface area contributed by atoms with Crippen LogP contribution in [0.25, 0.3) is 0 Å². The first kappa shape index (κ1) is 24.1. The molecule has 0 saturated carbocycles. The number of carbonyl (C=O) groups excluding carboxylic acids is 1. The van der Waals surface area contributed by atoms with E-state index < -0.39 is 34.5 Å². The summed E-state index contributed by atoms with van der Waals surface area (Å²) in [6.45, 7) is 0. The number of H-pyrrole nitrogens is 1. The fourth-order valence-corrected chi connectivity index (χ4v) is 6.54. The first-order chi connectivity index (χ1) is 16.3. The van der Waals surface area contributed by atoms with E-state index in [1.807, 2.05) is 6.07 Å². The third kappa shape index (κ3) is 5.20. The van der Waals surface area contributed by atoms with Crippen LogP contribution in [0.4, 0.5) is 0 Å². The molecule has 4 heterocycles. The first-order valence-electron chi connectivity index (χ1n) is 10.1. The van der Waals surface area contributed by atoms with Crippen LogP contribution in [0.3, 0.4) is 0 Å². The zero-order chi connectivity index (χ0) is 24.2. The summed E-state index contributed by atoms with van der Waals surface area (Å²) in [5.41, 5.74) is 1.23. The summed E-state index contributed by atoms with van der Waals surface area (Å²) in [5, 5.41) is 34.9. The molecule has 2 aliphatic rings. The van der Waals surface area contributed by atoms with E-state index >= 15 is 0 Å². The molecule has 34 heavy (non-hydrogen) atoms. The molecule has 178 valence electrons. The van der Waals surface area contributed by atoms with Crippen molar-refractivity contribution in [1.82, 2.24) is 35.8 Å². The average molecular weight is 522 g/mol. The van der Waals surface area contributed by atoms with Gasteiger partial charge < -0.3 is 15.5 Å². The number of nitrogens with zero attached hydrogens (tertiary/aromatic N) is 5. The lowest BCUT2D eigenvalue weighted by atomic mass is 9.99. The molecule has 15 heteroatoms. The van der Waals surface area contributed by atoms with E-state index in [4.69, 9.17) is 17.3 Å². The van der Waals surface area contributed by atoms with Gasteiger partial charge in [-0.05, 0) is 34.1 Å². The Morgan fingerprint density at radius 2 is 2.24 bits per heavy atom. The minimum atomic E-state index is -1.25. The second-order valence-corrected chi connectivity index (χ2v) is 10.2. The SMILES string of the molecule is O=C(O)CCC(Sc1nnn[nH]1)C1=C(C(=O)O)N2C(=O)C(NC(=S)Cc3cccnc3)[C@@H]2SC1. The number of aliphatic carboxylic acids is 2. The maximum absolute atomic E-state index is 13.0. The van der Waals surface area contributed by atoms with Crippen molar-refractivity contribution in [3.8, 4) is 0 Å². The highest BCUT2D eigenvalue weighted by Crippen LogP contribution is 2.44. The highest BCUT2D eigenvalue weighted by Gasteiger charge is 2.54. The summed E-state index contributed by atoms with van der Waals surface area (Å²) in [4.78, 5) is 42.2. The van der Waals surface area contributed by atoms with Crippen molar-refractivity contribution in [2.45, 2.75) is 41.1 Å². The van der Waals surface area contributed by atoms with E-state index in [1.54, 1.807) is 18.5 Å². The van der Waals surface area contributed by atoms with Gasteiger partial charge in [-0.25, -0.2) is 9.89 Å². The van der Waals surface area contributed by atoms with Gasteiger partial charge in [-0.3, -0.25) is 19.5 Å². The number of pyridine rings is 1. The summed E-state index contributed by atoms with van der Waals surface area (Å²) < 4.78 is 0. The molecule has 1 amide bonds. The van der Waals surface area contributed by atoms with Gasteiger partial charge in [0.2, 0.25) is 5.16 Å². The van der Waals surface area contributed by atoms with Crippen LogP contribution in [-0.4, -0.2) is 86.0 Å². The number of thioether (sulfide) groups is 2. The fraction of sp³-hybridized carbons (Fsp3) is 0.368. The summed E-state index contributed by atoms with van der Waals surface area (Å²) >= 11 is 7.94. The predicted octanol–water partition coefficient (Wildman–Crippen LogP) is 0.702. The number of thiocarbonyl (C=S) groups is 1. The van der Waals surface area contributed by atoms with Gasteiger partial charge in [-0.2, -0.15) is 0 Å². The minimum Gasteiger partial charge on any atom is -0.481 e. The number of fused-ring (bicyclic) bond motifs is 1. The molecule has 0 aliphatic carbocycles. The van der Waals surface area contributed by atoms with Crippen LogP contribution < -0.4 is 5.32 Å². The summed E-state index contributed by atoms with van der Waals surface area (Å²) in [5.74, 6) is -2.35. The molecule has 0 aromatic carbocycles. The largest absolute Gasteiger partial charge is 0.481 e. The van der Waals surface area contributed by atoms with E-state index in [0.29, 0.717) is 27.9 Å². The number of carbonyl (C=O) groups is 3. The lowest BCUT2D eigenvalue weighted by Crippen LogP contribution is -2.70. The number of aromatic amines is 1. The van der Waals surface area contributed by atoms with Crippen molar-refractivity contribution in [1.29, 1.82) is 0 Å². The Balaban J connectivity index is 1.53. The van der Waals surface area contributed by atoms with Crippen LogP contribution in [0.2, 0.25) is 0 Å². The van der Waals surface area contributed by atoms with Crippen LogP contribution in [0, 0.1) is 0 Å². The van der Waals surface area contributed by atoms with Gasteiger partial charge in [0.1, 0.15) is 17.1 Å². The van der Waals surface area contributed by atoms with Gasteiger partial charge in [0.15, 0.2) is 0 Å². The smallest absolute Gasteiger partial charge is 0.352 e. The number of carboxylic acid groups (broad SMARTS) is 2. The lowest BCUT2D eigenvalue weighted by Gasteiger charge is -2.50. The second-order valence-electron chi connectivity index (χ2n) is 7.42. The molecule has 1 saturated heterocycles. The van der Waals surface area contributed by atoms with Crippen molar-refractivity contribution in [3.63, 3.8) is 0 Å². The van der Waals surface area contributed by atoms with Crippen molar-refractivity contribution >= 4 is 58.6 Å². The van der Waals surface area contributed by atoms with Crippen molar-refractivity contribution in [3.05, 3.63) is 41.4 Å². The first-order valence-corrected chi connectivity index (χ1v) is 12.4. The van der Waals surface area contributed by atoms with Crippen LogP contribution in [-0.2, 0) is 20.8 Å². The van der Waals surface area contributed by atoms with Gasteiger partial charge >= 0.3 is 11.9 Å². The maximum Gasteiger partial charge on any atom is 0.352 e. The average Bonchev–Trinajstić information content (AvgIpc) is 3.33. The van der Waals surface area contributed by atoms with E-state index in [1.165, 1.54) is 16.7 Å². The molecule has 1 fully saturated rings. The van der Waals surface area contributed by atoms with E-state index in [9.17, 15) is 19.5 Å². The standard InChI is InChI=1S/C19H19N7O5S3/c27-13(28)4-3-11(34-19-22-24-25-23-19)10-8-33-17-14(16(29)26(17)15(10)18(30)31)21-12(32)6-9-2-1-5-20-7-9/h1-2,5,7,11,14,17H,3-4,6,8H2,(H,21,32)(H,27,28)(H,30,31)(H,22,23,24,25)/t11?,14?,17-/m0/s1. The Morgan fingerprint density at radius 1 is 1.41 bits per heavy atom. The minimum absolute atomic E-state index is 0.125. The zero-order valence-corrected chi connectivity index (χ0v) is 19.9. The molecule has 4 N–H and O–H groups in total. The molecule has 0 bridgehead atoms. The number of hydrogen-bond acceptors (Lipinski definition) is 10. The van der Waals surface area contributed by atoms with E-state index in [0.717, 1.165) is 17.3 Å². The zero-order valence-electron chi connectivity index (χ0n) is 17.4. The number of hydrogen-bond donors (Lipinski definition) is 4. The Morgan fingerprint density at radius 3 is 2.88 bits per heavy atom. The topological polar surface area (TPSA) is 174 Å². The summed E-state index contributed by atoms with van der Waals surface area (Å²) in [6, 6.07) is 3.03. The third-order valence-corrected chi connectivity index (χ3v) is 7.96. The number of tetrazole rings is 1. The predicted molar refractivity (Wildman–Crippen MR) is 126 cm³/mol. The van der Waals surface area contributed by atoms with Crippen molar-refractivity contribution in [2.24, 2.45) is 0 Å². The number of β-lactam (4-membered cyclic amide) rings is 1. The molecule has 2 aromatic heterocycles. The molecule has 2 aliphatic heterocycles. The Labute approximate surface area is 207 Å². The monoisotopic (exact) mass is 521 g/mol. The second kappa shape index (κ2) is 10.5. The van der Waals surface area contributed by atoms with Crippen LogP contribution >= 0.6 is 35.7 Å². The number of amides is 1. The number of carboxylic acids is 2. The third-order valence-electron chi connectivity index (χ3n) is 5.19. The van der Waals surface area contributed by atoms with Crippen LogP contribution in [0.5, 0.6) is 0 Å². The molecule has 2 aromatic rings. The van der Waals surface area contributed by atoms with Gasteiger partial charge in [-0.1, -0.05) is 30.0 Å². The van der Waals surface area contributed by atoms with E-state index in [2.05, 4.69) is 30.9 Å². The molecule has 12 nitrogen and oxygen atoms in total. The molecular weight excluding hydrogens is 502 g/mol. The van der Waals surface area contributed by atoms with Gasteiger partial charge in [0.25, 0.3) is 5.91 Å². The molecule has 0 spiro atoms. The number of rotatable bonds is 10. The quantitative estimate of drug-likeness (QED) is 0.196.